The number of carbonyl (C=O) groups excluding carboxylic acids is 2. The predicted molar refractivity (Wildman–Crippen MR) is 112 cm³/mol. The Morgan fingerprint density at radius 1 is 1.00 bits per heavy atom. The second kappa shape index (κ2) is 8.10. The van der Waals surface area contributed by atoms with E-state index < -0.39 is 0 Å². The second-order valence-corrected chi connectivity index (χ2v) is 8.53. The average Bonchev–Trinajstić information content (AvgIpc) is 2.88. The third-order valence-corrected chi connectivity index (χ3v) is 6.70. The fourth-order valence-corrected chi connectivity index (χ4v) is 5.16. The minimum Gasteiger partial charge on any atom is -0.342 e. The Morgan fingerprint density at radius 2 is 1.66 bits per heavy atom. The zero-order valence-corrected chi connectivity index (χ0v) is 17.2. The highest BCUT2D eigenvalue weighted by atomic mass is 19.1. The van der Waals surface area contributed by atoms with Crippen LogP contribution in [0.15, 0.2) is 36.4 Å². The van der Waals surface area contributed by atoms with Crippen LogP contribution < -0.4 is 0 Å². The molecule has 2 aromatic rings. The summed E-state index contributed by atoms with van der Waals surface area (Å²) < 4.78 is 14.1. The number of piperidine rings is 1. The summed E-state index contributed by atoms with van der Waals surface area (Å²) in [7, 11) is 0. The highest BCUT2D eigenvalue weighted by molar-refractivity contribution is 6.00. The zero-order chi connectivity index (χ0) is 20.5. The number of benzene rings is 2. The number of aryl methyl sites for hydroxylation is 2. The lowest BCUT2D eigenvalue weighted by molar-refractivity contribution is -0.136. The molecule has 1 amide bonds. The number of likely N-dealkylation sites (tertiary alicyclic amines) is 1. The topological polar surface area (TPSA) is 37.4 Å². The molecule has 29 heavy (non-hydrogen) atoms. The second-order valence-electron chi connectivity index (χ2n) is 8.53. The Kier molecular flexibility index (Phi) is 5.53. The summed E-state index contributed by atoms with van der Waals surface area (Å²) in [5, 5.41) is 0. The molecule has 1 saturated heterocycles. The molecule has 0 radical (unpaired) electrons. The third kappa shape index (κ3) is 3.85. The van der Waals surface area contributed by atoms with E-state index in [1.165, 1.54) is 22.8 Å². The smallest absolute Gasteiger partial charge is 0.226 e. The predicted octanol–water partition coefficient (Wildman–Crippen LogP) is 4.98. The lowest BCUT2D eigenvalue weighted by Crippen LogP contribution is -2.42. The van der Waals surface area contributed by atoms with Crippen LogP contribution in [0.3, 0.4) is 0 Å². The van der Waals surface area contributed by atoms with Crippen molar-refractivity contribution in [1.82, 2.24) is 4.90 Å². The van der Waals surface area contributed by atoms with Crippen LogP contribution in [-0.2, 0) is 11.2 Å². The van der Waals surface area contributed by atoms with Crippen molar-refractivity contribution < 1.29 is 14.0 Å². The van der Waals surface area contributed by atoms with Crippen molar-refractivity contribution in [2.24, 2.45) is 5.92 Å². The quantitative estimate of drug-likeness (QED) is 0.675. The summed E-state index contributed by atoms with van der Waals surface area (Å²) in [5.41, 5.74) is 5.00. The SMILES string of the molecule is Cc1cccc(C)c1C1CCN(C(=O)C2CCc3c(F)cccc3C(=O)C2)CC1. The Labute approximate surface area is 171 Å². The van der Waals surface area contributed by atoms with Gasteiger partial charge in [-0.15, -0.1) is 0 Å². The van der Waals surface area contributed by atoms with Crippen LogP contribution in [0.2, 0.25) is 0 Å². The number of hydrogen-bond donors (Lipinski definition) is 0. The van der Waals surface area contributed by atoms with Gasteiger partial charge in [-0.3, -0.25) is 9.59 Å². The molecular formula is C25H28FNO2. The standard InChI is InChI=1S/C25H28FNO2/c1-16-5-3-6-17(2)24(16)18-11-13-27(14-12-18)25(29)19-9-10-20-21(23(28)15-19)7-4-8-22(20)26/h3-8,18-19H,9-15H2,1-2H3. The summed E-state index contributed by atoms with van der Waals surface area (Å²) >= 11 is 0. The number of amides is 1. The van der Waals surface area contributed by atoms with Gasteiger partial charge in [0, 0.05) is 31.0 Å². The van der Waals surface area contributed by atoms with Crippen molar-refractivity contribution in [3.8, 4) is 0 Å². The van der Waals surface area contributed by atoms with Crippen LogP contribution in [-0.4, -0.2) is 29.7 Å². The van der Waals surface area contributed by atoms with Crippen molar-refractivity contribution in [2.75, 3.05) is 13.1 Å². The van der Waals surface area contributed by atoms with Crippen molar-refractivity contribution in [2.45, 2.75) is 51.9 Å². The number of Topliss-reactive ketones (excluding diaryl/α,β-unsaturated/α-hetero) is 1. The van der Waals surface area contributed by atoms with Crippen molar-refractivity contribution >= 4 is 11.7 Å². The van der Waals surface area contributed by atoms with Gasteiger partial charge < -0.3 is 4.90 Å². The molecule has 0 N–H and O–H groups in total. The van der Waals surface area contributed by atoms with Crippen molar-refractivity contribution in [3.05, 3.63) is 70.0 Å². The van der Waals surface area contributed by atoms with Crippen LogP contribution in [0.25, 0.3) is 0 Å². The molecule has 1 atom stereocenters. The largest absolute Gasteiger partial charge is 0.342 e. The molecule has 0 aromatic heterocycles. The molecule has 0 bridgehead atoms. The number of ketones is 1. The minimum atomic E-state index is -0.342. The van der Waals surface area contributed by atoms with E-state index in [-0.39, 0.29) is 29.8 Å². The Bertz CT molecular complexity index is 924. The lowest BCUT2D eigenvalue weighted by Gasteiger charge is -2.35. The summed E-state index contributed by atoms with van der Waals surface area (Å²) in [6.45, 7) is 5.77. The molecule has 1 aliphatic heterocycles. The fraction of sp³-hybridized carbons (Fsp3) is 0.440. The van der Waals surface area contributed by atoms with Crippen LogP contribution in [0.4, 0.5) is 4.39 Å². The number of rotatable bonds is 2. The molecule has 0 saturated carbocycles. The molecule has 2 aliphatic rings. The first-order valence-corrected chi connectivity index (χ1v) is 10.6. The lowest BCUT2D eigenvalue weighted by atomic mass is 9.83. The Hall–Kier alpha value is -2.49. The first kappa shape index (κ1) is 19.8. The van der Waals surface area contributed by atoms with E-state index in [0.717, 1.165) is 25.9 Å². The van der Waals surface area contributed by atoms with Crippen molar-refractivity contribution in [3.63, 3.8) is 0 Å². The maximum atomic E-state index is 14.1. The van der Waals surface area contributed by atoms with E-state index in [1.54, 1.807) is 12.1 Å². The van der Waals surface area contributed by atoms with Crippen LogP contribution in [0.5, 0.6) is 0 Å². The van der Waals surface area contributed by atoms with Gasteiger partial charge in [0.05, 0.1) is 0 Å². The number of nitrogens with zero attached hydrogens (tertiary/aromatic N) is 1. The van der Waals surface area contributed by atoms with E-state index in [1.807, 2.05) is 4.90 Å². The molecule has 152 valence electrons. The summed E-state index contributed by atoms with van der Waals surface area (Å²) in [6, 6.07) is 11.1. The highest BCUT2D eigenvalue weighted by Gasteiger charge is 2.33. The minimum absolute atomic E-state index is 0.0616. The van der Waals surface area contributed by atoms with Gasteiger partial charge in [-0.1, -0.05) is 30.3 Å². The van der Waals surface area contributed by atoms with Gasteiger partial charge in [0.25, 0.3) is 0 Å². The van der Waals surface area contributed by atoms with Gasteiger partial charge in [0.15, 0.2) is 5.78 Å². The highest BCUT2D eigenvalue weighted by Crippen LogP contribution is 2.34. The van der Waals surface area contributed by atoms with Crippen LogP contribution in [0, 0.1) is 25.6 Å². The zero-order valence-electron chi connectivity index (χ0n) is 17.2. The maximum Gasteiger partial charge on any atom is 0.226 e. The molecule has 2 aromatic carbocycles. The van der Waals surface area contributed by atoms with Gasteiger partial charge in [-0.2, -0.15) is 0 Å². The maximum absolute atomic E-state index is 14.1. The molecule has 1 unspecified atom stereocenters. The molecule has 1 fully saturated rings. The number of carbonyl (C=O) groups is 2. The molecule has 4 rings (SSSR count). The Balaban J connectivity index is 1.43. The normalized spacial score (nSPS) is 20.3. The average molecular weight is 394 g/mol. The van der Waals surface area contributed by atoms with Gasteiger partial charge in [0.1, 0.15) is 5.82 Å². The first-order valence-electron chi connectivity index (χ1n) is 10.6. The molecule has 3 nitrogen and oxygen atoms in total. The summed E-state index contributed by atoms with van der Waals surface area (Å²) in [5.74, 6) is -0.244. The summed E-state index contributed by atoms with van der Waals surface area (Å²) in [4.78, 5) is 27.7. The van der Waals surface area contributed by atoms with Gasteiger partial charge in [-0.25, -0.2) is 4.39 Å². The van der Waals surface area contributed by atoms with Crippen LogP contribution >= 0.6 is 0 Å². The molecule has 1 aliphatic carbocycles. The fourth-order valence-electron chi connectivity index (χ4n) is 5.16. The number of fused-ring (bicyclic) bond motifs is 1. The Morgan fingerprint density at radius 3 is 2.34 bits per heavy atom. The summed E-state index contributed by atoms with van der Waals surface area (Å²) in [6.07, 6.45) is 3.07. The van der Waals surface area contributed by atoms with E-state index in [9.17, 15) is 14.0 Å². The van der Waals surface area contributed by atoms with Gasteiger partial charge in [-0.05, 0) is 73.8 Å². The molecular weight excluding hydrogens is 365 g/mol. The van der Waals surface area contributed by atoms with Gasteiger partial charge >= 0.3 is 0 Å². The van der Waals surface area contributed by atoms with Crippen LogP contribution in [0.1, 0.15) is 64.2 Å². The third-order valence-electron chi connectivity index (χ3n) is 6.70. The monoisotopic (exact) mass is 393 g/mol. The van der Waals surface area contributed by atoms with Crippen molar-refractivity contribution in [1.29, 1.82) is 0 Å². The van der Waals surface area contributed by atoms with E-state index in [0.29, 0.717) is 29.9 Å². The van der Waals surface area contributed by atoms with E-state index in [4.69, 9.17) is 0 Å². The molecule has 1 heterocycles. The van der Waals surface area contributed by atoms with E-state index >= 15 is 0 Å². The number of halogens is 1. The van der Waals surface area contributed by atoms with Gasteiger partial charge in [0.2, 0.25) is 5.91 Å². The first-order chi connectivity index (χ1) is 14.0. The molecule has 4 heteroatoms. The number of hydrogen-bond acceptors (Lipinski definition) is 2. The van der Waals surface area contributed by atoms with E-state index in [2.05, 4.69) is 32.0 Å². The molecule has 0 spiro atoms.